The first-order valence-electron chi connectivity index (χ1n) is 6.58. The van der Waals surface area contributed by atoms with Crippen molar-refractivity contribution >= 4 is 7.85 Å². The van der Waals surface area contributed by atoms with E-state index in [0.29, 0.717) is 0 Å². The van der Waals surface area contributed by atoms with E-state index in [4.69, 9.17) is 7.85 Å². The molecule has 1 aromatic heterocycles. The van der Waals surface area contributed by atoms with Crippen molar-refractivity contribution in [3.63, 3.8) is 0 Å². The van der Waals surface area contributed by atoms with E-state index in [-0.39, 0.29) is 5.31 Å². The number of benzene rings is 1. The molecular formula is C16H14BN. The topological polar surface area (TPSA) is 12.9 Å². The fourth-order valence-electron chi connectivity index (χ4n) is 3.52. The van der Waals surface area contributed by atoms with Crippen LogP contribution in [-0.2, 0) is 11.7 Å². The molecule has 0 saturated heterocycles. The van der Waals surface area contributed by atoms with Gasteiger partial charge in [0, 0.05) is 11.8 Å². The van der Waals surface area contributed by atoms with Crippen LogP contribution in [0.25, 0.3) is 11.3 Å². The molecule has 3 aliphatic carbocycles. The third-order valence-electron chi connectivity index (χ3n) is 4.41. The summed E-state index contributed by atoms with van der Waals surface area (Å²) in [5.41, 5.74) is 4.91. The molecule has 2 radical (unpaired) electrons. The molecule has 1 heterocycles. The van der Waals surface area contributed by atoms with Crippen LogP contribution in [0.15, 0.2) is 42.6 Å². The molecule has 86 valence electrons. The zero-order valence-electron chi connectivity index (χ0n) is 10.3. The smallest absolute Gasteiger partial charge is 0.0810 e. The Morgan fingerprint density at radius 1 is 1.17 bits per heavy atom. The Balaban J connectivity index is 1.85. The summed E-state index contributed by atoms with van der Waals surface area (Å²) in [6.07, 6.45) is 5.50. The number of pyridine rings is 1. The van der Waals surface area contributed by atoms with Crippen LogP contribution in [0, 0.1) is 5.92 Å². The van der Waals surface area contributed by atoms with E-state index in [1.54, 1.807) is 0 Å². The lowest BCUT2D eigenvalue weighted by molar-refractivity contribution is 0.198. The molecule has 1 fully saturated rings. The molecule has 1 aromatic carbocycles. The minimum absolute atomic E-state index is 0.0648. The lowest BCUT2D eigenvalue weighted by Crippen LogP contribution is -2.47. The first-order valence-corrected chi connectivity index (χ1v) is 6.58. The molecule has 0 spiro atoms. The van der Waals surface area contributed by atoms with Gasteiger partial charge in [-0.05, 0) is 47.7 Å². The average molecular weight is 231 g/mol. The number of hydrogen-bond donors (Lipinski definition) is 0. The summed E-state index contributed by atoms with van der Waals surface area (Å²) < 4.78 is 0. The second kappa shape index (κ2) is 3.47. The zero-order chi connectivity index (χ0) is 12.2. The molecule has 0 amide bonds. The molecule has 0 unspecified atom stereocenters. The lowest BCUT2D eigenvalue weighted by Gasteiger charge is -2.52. The van der Waals surface area contributed by atoms with Gasteiger partial charge in [-0.15, -0.1) is 0 Å². The molecule has 0 atom stereocenters. The van der Waals surface area contributed by atoms with Gasteiger partial charge >= 0.3 is 0 Å². The van der Waals surface area contributed by atoms with Gasteiger partial charge in [-0.1, -0.05) is 30.3 Å². The maximum Gasteiger partial charge on any atom is 0.0810 e. The van der Waals surface area contributed by atoms with E-state index in [9.17, 15) is 0 Å². The highest BCUT2D eigenvalue weighted by Crippen LogP contribution is 2.52. The van der Waals surface area contributed by atoms with Crippen molar-refractivity contribution < 1.29 is 0 Å². The highest BCUT2D eigenvalue weighted by molar-refractivity contribution is 6.17. The minimum atomic E-state index is -0.0648. The van der Waals surface area contributed by atoms with Crippen LogP contribution in [0.3, 0.4) is 0 Å². The third kappa shape index (κ3) is 1.38. The number of nitrogens with zero attached hydrogens (tertiary/aromatic N) is 1. The molecular weight excluding hydrogens is 217 g/mol. The quantitative estimate of drug-likeness (QED) is 0.687. The maximum absolute atomic E-state index is 6.47. The first kappa shape index (κ1) is 10.4. The predicted octanol–water partition coefficient (Wildman–Crippen LogP) is 3.08. The molecule has 2 aromatic rings. The summed E-state index contributed by atoms with van der Waals surface area (Å²) in [5.74, 6) is 0.798. The monoisotopic (exact) mass is 231 g/mol. The Labute approximate surface area is 109 Å². The second-order valence-corrected chi connectivity index (χ2v) is 5.73. The Kier molecular flexibility index (Phi) is 2.00. The summed E-state index contributed by atoms with van der Waals surface area (Å²) in [6.45, 7) is 0. The molecule has 1 nitrogen and oxygen atoms in total. The van der Waals surface area contributed by atoms with Gasteiger partial charge in [-0.25, -0.2) is 0 Å². The van der Waals surface area contributed by atoms with E-state index in [2.05, 4.69) is 23.2 Å². The minimum Gasteiger partial charge on any atom is -0.256 e. The van der Waals surface area contributed by atoms with Gasteiger partial charge in [-0.3, -0.25) is 4.98 Å². The fraction of sp³-hybridized carbons (Fsp3) is 0.312. The van der Waals surface area contributed by atoms with Crippen LogP contribution in [0.1, 0.15) is 24.0 Å². The van der Waals surface area contributed by atoms with Crippen molar-refractivity contribution in [2.45, 2.75) is 24.6 Å². The van der Waals surface area contributed by atoms with E-state index >= 15 is 0 Å². The molecule has 0 N–H and O–H groups in total. The zero-order valence-corrected chi connectivity index (χ0v) is 10.3. The van der Waals surface area contributed by atoms with Crippen LogP contribution >= 0.6 is 0 Å². The summed E-state index contributed by atoms with van der Waals surface area (Å²) >= 11 is 0. The Morgan fingerprint density at radius 2 is 1.94 bits per heavy atom. The molecule has 18 heavy (non-hydrogen) atoms. The maximum atomic E-state index is 6.47. The van der Waals surface area contributed by atoms with Crippen LogP contribution in [0.4, 0.5) is 0 Å². The highest BCUT2D eigenvalue weighted by Gasteiger charge is 2.46. The van der Waals surface area contributed by atoms with Crippen LogP contribution in [0.2, 0.25) is 0 Å². The number of rotatable bonds is 1. The van der Waals surface area contributed by atoms with Gasteiger partial charge in [0.15, 0.2) is 0 Å². The normalized spacial score (nSPS) is 28.3. The van der Waals surface area contributed by atoms with E-state index in [1.165, 1.54) is 16.7 Å². The Hall–Kier alpha value is -1.57. The van der Waals surface area contributed by atoms with Crippen LogP contribution < -0.4 is 0 Å². The van der Waals surface area contributed by atoms with Gasteiger partial charge < -0.3 is 0 Å². The molecule has 2 bridgehead atoms. The van der Waals surface area contributed by atoms with Gasteiger partial charge in [0.25, 0.3) is 0 Å². The van der Waals surface area contributed by atoms with E-state index in [1.807, 2.05) is 24.4 Å². The average Bonchev–Trinajstić information content (AvgIpc) is 2.38. The van der Waals surface area contributed by atoms with Crippen molar-refractivity contribution in [2.75, 3.05) is 0 Å². The summed E-state index contributed by atoms with van der Waals surface area (Å²) in [7, 11) is 6.47. The van der Waals surface area contributed by atoms with Crippen molar-refractivity contribution in [3.05, 3.63) is 53.7 Å². The summed E-state index contributed by atoms with van der Waals surface area (Å²) in [6, 6.07) is 12.5. The van der Waals surface area contributed by atoms with E-state index < -0.39 is 0 Å². The van der Waals surface area contributed by atoms with Crippen molar-refractivity contribution in [3.8, 4) is 11.3 Å². The fourth-order valence-corrected chi connectivity index (χ4v) is 3.52. The van der Waals surface area contributed by atoms with Gasteiger partial charge in [0.2, 0.25) is 0 Å². The first-order chi connectivity index (χ1) is 8.74. The third-order valence-corrected chi connectivity index (χ3v) is 4.41. The summed E-state index contributed by atoms with van der Waals surface area (Å²) in [5, 5.41) is -0.0648. The second-order valence-electron chi connectivity index (χ2n) is 5.73. The van der Waals surface area contributed by atoms with Gasteiger partial charge in [-0.2, -0.15) is 0 Å². The molecule has 2 heteroatoms. The van der Waals surface area contributed by atoms with Crippen molar-refractivity contribution in [1.82, 2.24) is 4.98 Å². The number of aromatic nitrogens is 1. The highest BCUT2D eigenvalue weighted by atomic mass is 14.7. The van der Waals surface area contributed by atoms with Gasteiger partial charge in [0.05, 0.1) is 13.5 Å². The molecule has 0 aliphatic heterocycles. The van der Waals surface area contributed by atoms with Crippen LogP contribution in [-0.4, -0.2) is 12.8 Å². The van der Waals surface area contributed by atoms with Gasteiger partial charge in [0.1, 0.15) is 0 Å². The lowest BCUT2D eigenvalue weighted by atomic mass is 9.43. The van der Waals surface area contributed by atoms with Crippen molar-refractivity contribution in [1.29, 1.82) is 0 Å². The standard InChI is InChI=1S/C16H14BN/c17-16-8-11(9-16)6-13-10-18-15(7-14(13)16)12-4-2-1-3-5-12/h1-5,7,10-11H,6,8-9H2. The summed E-state index contributed by atoms with van der Waals surface area (Å²) in [4.78, 5) is 4.59. The molecule has 3 aliphatic rings. The SMILES string of the molecule is [B]C12CC(Cc3cnc(-c4ccccc4)cc31)C2. The van der Waals surface area contributed by atoms with Crippen molar-refractivity contribution in [2.24, 2.45) is 5.92 Å². The van der Waals surface area contributed by atoms with Crippen LogP contribution in [0.5, 0.6) is 0 Å². The largest absolute Gasteiger partial charge is 0.256 e. The Morgan fingerprint density at radius 3 is 2.72 bits per heavy atom. The van der Waals surface area contributed by atoms with E-state index in [0.717, 1.165) is 30.9 Å². The molecule has 5 rings (SSSR count). The number of hydrogen-bond acceptors (Lipinski definition) is 1. The molecule has 1 saturated carbocycles. The predicted molar refractivity (Wildman–Crippen MR) is 73.5 cm³/mol. The Bertz CT molecular complexity index is 600.